The lowest BCUT2D eigenvalue weighted by Crippen LogP contribution is -2.59. The summed E-state index contributed by atoms with van der Waals surface area (Å²) >= 11 is 2.89. The van der Waals surface area contributed by atoms with Gasteiger partial charge in [0.15, 0.2) is 11.0 Å². The van der Waals surface area contributed by atoms with Gasteiger partial charge in [0.2, 0.25) is 17.6 Å². The summed E-state index contributed by atoms with van der Waals surface area (Å²) in [5.41, 5.74) is 12.1. The molecule has 3 heterocycles. The molecule has 9 nitrogen and oxygen atoms in total. The highest BCUT2D eigenvalue weighted by atomic mass is 35.5. The normalized spacial score (nSPS) is 22.9. The van der Waals surface area contributed by atoms with Crippen LogP contribution >= 0.6 is 35.5 Å². The molecule has 1 aromatic heterocycles. The van der Waals surface area contributed by atoms with Crippen LogP contribution in [0.5, 0.6) is 0 Å². The highest BCUT2D eigenvalue weighted by Gasteiger charge is 2.53. The lowest BCUT2D eigenvalue weighted by Gasteiger charge is -2.44. The molecule has 0 saturated carbocycles. The Labute approximate surface area is 244 Å². The van der Waals surface area contributed by atoms with Gasteiger partial charge in [0, 0.05) is 29.8 Å². The molecule has 1 aromatic carbocycles. The van der Waals surface area contributed by atoms with Gasteiger partial charge in [-0.3, -0.25) is 19.4 Å². The zero-order valence-corrected chi connectivity index (χ0v) is 24.5. The molecule has 2 aliphatic heterocycles. The third-order valence-electron chi connectivity index (χ3n) is 7.30. The summed E-state index contributed by atoms with van der Waals surface area (Å²) in [5, 5.41) is 5.02. The quantitative estimate of drug-likeness (QED) is 0.148. The Morgan fingerprint density at radius 3 is 2.72 bits per heavy atom. The van der Waals surface area contributed by atoms with E-state index < -0.39 is 17.0 Å². The number of rotatable bonds is 12. The first-order valence-electron chi connectivity index (χ1n) is 13.1. The number of benzene rings is 1. The molecule has 0 radical (unpaired) electrons. The summed E-state index contributed by atoms with van der Waals surface area (Å²) < 4.78 is 0. The number of nitrogens with one attached hydrogen (secondary N) is 1. The predicted octanol–water partition coefficient (Wildman–Crippen LogP) is 3.38. The Kier molecular flexibility index (Phi) is 11.2. The molecule has 0 spiro atoms. The second-order valence-corrected chi connectivity index (χ2v) is 12.4. The van der Waals surface area contributed by atoms with Gasteiger partial charge in [-0.2, -0.15) is 0 Å². The number of halogens is 1. The fourth-order valence-corrected chi connectivity index (χ4v) is 7.33. The molecule has 2 aromatic rings. The molecule has 2 aliphatic rings. The number of aliphatic imine (C=N–C) groups is 1. The van der Waals surface area contributed by atoms with E-state index >= 15 is 0 Å². The first-order chi connectivity index (χ1) is 18.3. The smallest absolute Gasteiger partial charge is 0.244 e. The number of thiazole rings is 1. The number of ketones is 1. The number of guanidine groups is 1. The fraction of sp³-hybridized carbons (Fsp3) is 0.519. The molecule has 39 heavy (non-hydrogen) atoms. The molecule has 0 unspecified atom stereocenters. The van der Waals surface area contributed by atoms with E-state index in [9.17, 15) is 14.4 Å². The van der Waals surface area contributed by atoms with E-state index in [1.807, 2.05) is 18.2 Å². The molecule has 12 heteroatoms. The average Bonchev–Trinajstić information content (AvgIpc) is 3.56. The number of amides is 2. The largest absolute Gasteiger partial charge is 0.370 e. The van der Waals surface area contributed by atoms with Gasteiger partial charge in [0.25, 0.3) is 0 Å². The van der Waals surface area contributed by atoms with Crippen LogP contribution in [0.15, 0.2) is 46.9 Å². The minimum Gasteiger partial charge on any atom is -0.370 e. The Morgan fingerprint density at radius 1 is 1.26 bits per heavy atom. The lowest BCUT2D eigenvalue weighted by atomic mass is 9.87. The number of nitrogens with two attached hydrogens (primary N) is 2. The zero-order valence-electron chi connectivity index (χ0n) is 22.1. The van der Waals surface area contributed by atoms with Gasteiger partial charge in [0.05, 0.1) is 10.9 Å². The van der Waals surface area contributed by atoms with Crippen LogP contribution in [0.4, 0.5) is 0 Å². The van der Waals surface area contributed by atoms with Gasteiger partial charge in [-0.15, -0.1) is 35.5 Å². The molecule has 4 rings (SSSR count). The maximum atomic E-state index is 13.7. The number of carbonyl (C=O) groups is 3. The minimum absolute atomic E-state index is 0. The first kappa shape index (κ1) is 30.9. The number of aryl methyl sites for hydroxylation is 1. The maximum absolute atomic E-state index is 13.7. The van der Waals surface area contributed by atoms with E-state index in [-0.39, 0.29) is 41.9 Å². The molecule has 4 atom stereocenters. The van der Waals surface area contributed by atoms with Crippen molar-refractivity contribution in [2.45, 2.75) is 68.8 Å². The standard InChI is InChI=1S/C27H36N6O3S2.ClH/c1-27-13-12-19(10-5-9-18-7-3-2-4-8-18)25(36)33(27)21(17-38-27)23(35)32-20(11-6-14-31-26(28)29)22(34)24-30-15-16-37-24;/h2-4,7-8,15-16,19-21H,5-6,9-14,17H2,1H3,(H,32,35)(H4,28,29,31);1H/t19-,20+,21+,27+;/m1./s1. The van der Waals surface area contributed by atoms with E-state index in [1.54, 1.807) is 28.2 Å². The van der Waals surface area contributed by atoms with Crippen LogP contribution < -0.4 is 16.8 Å². The fourth-order valence-electron chi connectivity index (χ4n) is 5.27. The number of thioether (sulfide) groups is 1. The van der Waals surface area contributed by atoms with E-state index in [0.717, 1.165) is 32.1 Å². The number of hydrogen-bond acceptors (Lipinski definition) is 7. The molecule has 0 bridgehead atoms. The maximum Gasteiger partial charge on any atom is 0.244 e. The second-order valence-electron chi connectivity index (χ2n) is 10.0. The summed E-state index contributed by atoms with van der Waals surface area (Å²) in [6.45, 7) is 2.41. The predicted molar refractivity (Wildman–Crippen MR) is 159 cm³/mol. The zero-order chi connectivity index (χ0) is 27.1. The third-order valence-corrected chi connectivity index (χ3v) is 9.59. The van der Waals surface area contributed by atoms with Crippen LogP contribution in [0.2, 0.25) is 0 Å². The molecule has 0 aliphatic carbocycles. The summed E-state index contributed by atoms with van der Waals surface area (Å²) in [7, 11) is 0. The number of piperidine rings is 1. The topological polar surface area (TPSA) is 144 Å². The van der Waals surface area contributed by atoms with Crippen LogP contribution in [0, 0.1) is 5.92 Å². The number of fused-ring (bicyclic) bond motifs is 1. The number of carbonyl (C=O) groups excluding carboxylic acids is 3. The second kappa shape index (κ2) is 14.1. The van der Waals surface area contributed by atoms with E-state index in [1.165, 1.54) is 16.9 Å². The summed E-state index contributed by atoms with van der Waals surface area (Å²) in [6.07, 6.45) is 6.80. The monoisotopic (exact) mass is 592 g/mol. The highest BCUT2D eigenvalue weighted by Crippen LogP contribution is 2.48. The molecule has 2 amide bonds. The Hall–Kier alpha value is -2.63. The molecule has 212 valence electrons. The molecule has 2 saturated heterocycles. The van der Waals surface area contributed by atoms with Gasteiger partial charge in [0.1, 0.15) is 6.04 Å². The number of aromatic nitrogens is 1. The van der Waals surface area contributed by atoms with Crippen LogP contribution in [0.25, 0.3) is 0 Å². The minimum atomic E-state index is -0.763. The Bertz CT molecular complexity index is 1150. The Morgan fingerprint density at radius 2 is 2.03 bits per heavy atom. The van der Waals surface area contributed by atoms with Crippen molar-refractivity contribution < 1.29 is 14.4 Å². The van der Waals surface area contributed by atoms with Crippen LogP contribution in [0.1, 0.15) is 60.8 Å². The van der Waals surface area contributed by atoms with Gasteiger partial charge in [-0.05, 0) is 57.4 Å². The van der Waals surface area contributed by atoms with E-state index in [0.29, 0.717) is 30.1 Å². The van der Waals surface area contributed by atoms with Crippen LogP contribution in [-0.4, -0.2) is 62.7 Å². The van der Waals surface area contributed by atoms with Crippen molar-refractivity contribution in [1.82, 2.24) is 15.2 Å². The summed E-state index contributed by atoms with van der Waals surface area (Å²) in [4.78, 5) is 49.9. The summed E-state index contributed by atoms with van der Waals surface area (Å²) in [5.74, 6) is -0.0788. The van der Waals surface area contributed by atoms with Gasteiger partial charge in [-0.25, -0.2) is 4.98 Å². The van der Waals surface area contributed by atoms with Gasteiger partial charge in [-0.1, -0.05) is 30.3 Å². The van der Waals surface area contributed by atoms with Crippen molar-refractivity contribution in [3.63, 3.8) is 0 Å². The van der Waals surface area contributed by atoms with Crippen molar-refractivity contribution in [1.29, 1.82) is 0 Å². The van der Waals surface area contributed by atoms with Gasteiger partial charge >= 0.3 is 0 Å². The van der Waals surface area contributed by atoms with Crippen molar-refractivity contribution in [3.05, 3.63) is 52.5 Å². The van der Waals surface area contributed by atoms with Crippen molar-refractivity contribution >= 4 is 59.1 Å². The Balaban J connectivity index is 0.00000420. The number of nitrogens with zero attached hydrogens (tertiary/aromatic N) is 3. The highest BCUT2D eigenvalue weighted by molar-refractivity contribution is 8.00. The van der Waals surface area contributed by atoms with Crippen molar-refractivity contribution in [2.75, 3.05) is 12.3 Å². The molecular formula is C27H37ClN6O3S2. The number of Topliss-reactive ketones (excluding diaryl/α,β-unsaturated/α-hetero) is 1. The third kappa shape index (κ3) is 7.73. The molecular weight excluding hydrogens is 556 g/mol. The van der Waals surface area contributed by atoms with Crippen molar-refractivity contribution in [3.8, 4) is 0 Å². The van der Waals surface area contributed by atoms with Crippen LogP contribution in [0.3, 0.4) is 0 Å². The summed E-state index contributed by atoms with van der Waals surface area (Å²) in [6, 6.07) is 8.91. The number of hydrogen-bond donors (Lipinski definition) is 3. The van der Waals surface area contributed by atoms with Crippen molar-refractivity contribution in [2.24, 2.45) is 22.4 Å². The first-order valence-corrected chi connectivity index (χ1v) is 15.0. The van der Waals surface area contributed by atoms with E-state index in [2.05, 4.69) is 34.3 Å². The van der Waals surface area contributed by atoms with Gasteiger partial charge < -0.3 is 21.7 Å². The van der Waals surface area contributed by atoms with Crippen LogP contribution in [-0.2, 0) is 16.0 Å². The lowest BCUT2D eigenvalue weighted by molar-refractivity contribution is -0.149. The average molecular weight is 593 g/mol. The molecule has 5 N–H and O–H groups in total. The molecule has 2 fully saturated rings. The van der Waals surface area contributed by atoms with E-state index in [4.69, 9.17) is 11.5 Å². The SMILES string of the molecule is C[C@]12CC[C@@H](CCCc3ccccc3)C(=O)N1[C@H](C(=O)N[C@@H](CCCN=C(N)N)C(=O)c1nccs1)CS2.Cl.